The Kier molecular flexibility index (Phi) is 6.54. The molecule has 0 bridgehead atoms. The van der Waals surface area contributed by atoms with Gasteiger partial charge in [0, 0.05) is 60.2 Å². The van der Waals surface area contributed by atoms with Crippen LogP contribution in [-0.2, 0) is 12.6 Å². The minimum atomic E-state index is -4.53. The van der Waals surface area contributed by atoms with E-state index in [0.29, 0.717) is 22.3 Å². The van der Waals surface area contributed by atoms with E-state index < -0.39 is 17.6 Å². The highest BCUT2D eigenvalue weighted by molar-refractivity contribution is 8.00. The molecule has 4 aromatic rings. The summed E-state index contributed by atoms with van der Waals surface area (Å²) in [5.41, 5.74) is 7.65. The van der Waals surface area contributed by atoms with E-state index in [9.17, 15) is 18.0 Å². The van der Waals surface area contributed by atoms with Crippen molar-refractivity contribution in [2.24, 2.45) is 0 Å². The molecule has 1 aliphatic rings. The number of hydrogen-bond acceptors (Lipinski definition) is 7. The smallest absolute Gasteiger partial charge is 0.382 e. The van der Waals surface area contributed by atoms with Crippen LogP contribution in [0.4, 0.5) is 24.8 Å². The molecule has 3 aromatic heterocycles. The molecule has 1 unspecified atom stereocenters. The number of carbonyl (C=O) groups excluding carboxylic acids is 1. The van der Waals surface area contributed by atoms with E-state index in [1.165, 1.54) is 0 Å². The molecular weight excluding hydrogens is 491 g/mol. The molecule has 1 fully saturated rings. The number of pyridine rings is 1. The average molecular weight is 514 g/mol. The van der Waals surface area contributed by atoms with E-state index in [1.54, 1.807) is 30.5 Å². The maximum Gasteiger partial charge on any atom is 0.416 e. The van der Waals surface area contributed by atoms with E-state index in [1.807, 2.05) is 22.4 Å². The Bertz CT molecular complexity index is 1400. The van der Waals surface area contributed by atoms with E-state index in [2.05, 4.69) is 20.6 Å². The lowest BCUT2D eigenvalue weighted by atomic mass is 10.1. The number of nitrogens with two attached hydrogens (primary N) is 1. The first-order valence-corrected chi connectivity index (χ1v) is 12.2. The number of anilines is 2. The van der Waals surface area contributed by atoms with E-state index in [0.717, 1.165) is 55.0 Å². The second-order valence-electron chi connectivity index (χ2n) is 8.27. The Hall–Kier alpha value is -3.64. The van der Waals surface area contributed by atoms with Crippen LogP contribution in [0.25, 0.3) is 16.8 Å². The standard InChI is InChI=1S/C24H22F3N7OS/c25-24(26,27)16-5-6-30-18(11-16)32-23(35)15-3-1-14(2-4-15)20-21-22(28)31-7-9-34(21)19(33-20)12-17-13-29-8-10-36-17/h1-7,9,11,17,29H,8,10,12-13H2,(H2,28,31)(H,30,32,35). The van der Waals surface area contributed by atoms with Crippen LogP contribution in [0, 0.1) is 0 Å². The molecule has 4 N–H and O–H groups in total. The zero-order valence-corrected chi connectivity index (χ0v) is 19.7. The Morgan fingerprint density at radius 3 is 2.72 bits per heavy atom. The van der Waals surface area contributed by atoms with Gasteiger partial charge in [-0.05, 0) is 24.3 Å². The van der Waals surface area contributed by atoms with Crippen LogP contribution in [0.2, 0.25) is 0 Å². The van der Waals surface area contributed by atoms with Gasteiger partial charge >= 0.3 is 6.18 Å². The number of nitrogens with one attached hydrogen (secondary N) is 2. The predicted molar refractivity (Wildman–Crippen MR) is 133 cm³/mol. The summed E-state index contributed by atoms with van der Waals surface area (Å²) in [5.74, 6) is 1.50. The number of benzene rings is 1. The van der Waals surface area contributed by atoms with Crippen molar-refractivity contribution in [1.29, 1.82) is 0 Å². The number of rotatable bonds is 5. The highest BCUT2D eigenvalue weighted by Crippen LogP contribution is 2.31. The first-order valence-electron chi connectivity index (χ1n) is 11.2. The van der Waals surface area contributed by atoms with E-state index in [4.69, 9.17) is 10.7 Å². The third-order valence-electron chi connectivity index (χ3n) is 5.82. The number of imidazole rings is 1. The first kappa shape index (κ1) is 24.1. The molecule has 12 heteroatoms. The number of alkyl halides is 3. The minimum absolute atomic E-state index is 0.183. The first-order chi connectivity index (χ1) is 17.3. The van der Waals surface area contributed by atoms with Gasteiger partial charge in [-0.15, -0.1) is 0 Å². The lowest BCUT2D eigenvalue weighted by Gasteiger charge is -2.21. The van der Waals surface area contributed by atoms with Gasteiger partial charge in [0.2, 0.25) is 0 Å². The molecule has 8 nitrogen and oxygen atoms in total. The molecule has 186 valence electrons. The number of halogens is 3. The Morgan fingerprint density at radius 1 is 1.19 bits per heavy atom. The number of carbonyl (C=O) groups is 1. The van der Waals surface area contributed by atoms with Crippen LogP contribution >= 0.6 is 11.8 Å². The van der Waals surface area contributed by atoms with Gasteiger partial charge in [0.1, 0.15) is 28.7 Å². The summed E-state index contributed by atoms with van der Waals surface area (Å²) in [5, 5.41) is 6.21. The number of nitrogens with zero attached hydrogens (tertiary/aromatic N) is 4. The predicted octanol–water partition coefficient (Wildman–Crippen LogP) is 3.89. The summed E-state index contributed by atoms with van der Waals surface area (Å²) >= 11 is 1.91. The summed E-state index contributed by atoms with van der Waals surface area (Å²) in [6.07, 6.45) is 0.705. The number of thioether (sulfide) groups is 1. The fraction of sp³-hybridized carbons (Fsp3) is 0.250. The zero-order valence-electron chi connectivity index (χ0n) is 18.9. The van der Waals surface area contributed by atoms with Crippen molar-refractivity contribution in [2.75, 3.05) is 29.9 Å². The third-order valence-corrected chi connectivity index (χ3v) is 7.06. The van der Waals surface area contributed by atoms with Gasteiger partial charge in [-0.1, -0.05) is 12.1 Å². The third kappa shape index (κ3) is 5.00. The largest absolute Gasteiger partial charge is 0.416 e. The molecule has 0 saturated carbocycles. The Balaban J connectivity index is 1.40. The molecule has 4 heterocycles. The molecule has 0 spiro atoms. The Morgan fingerprint density at radius 2 is 2.00 bits per heavy atom. The SMILES string of the molecule is Nc1nccn2c(CC3CNCCS3)nc(-c3ccc(C(=O)Nc4cc(C(F)(F)F)ccn4)cc3)c12. The zero-order chi connectivity index (χ0) is 25.3. The van der Waals surface area contributed by atoms with Crippen molar-refractivity contribution >= 4 is 34.8 Å². The summed E-state index contributed by atoms with van der Waals surface area (Å²) in [6.45, 7) is 1.90. The van der Waals surface area contributed by atoms with Crippen molar-refractivity contribution in [3.63, 3.8) is 0 Å². The molecule has 1 aliphatic heterocycles. The van der Waals surface area contributed by atoms with E-state index >= 15 is 0 Å². The number of aromatic nitrogens is 4. The monoisotopic (exact) mass is 513 g/mol. The molecule has 1 atom stereocenters. The van der Waals surface area contributed by atoms with Crippen LogP contribution in [0.5, 0.6) is 0 Å². The van der Waals surface area contributed by atoms with Crippen LogP contribution < -0.4 is 16.4 Å². The van der Waals surface area contributed by atoms with Gasteiger partial charge < -0.3 is 16.4 Å². The molecule has 1 amide bonds. The van der Waals surface area contributed by atoms with Crippen LogP contribution in [0.15, 0.2) is 55.0 Å². The van der Waals surface area contributed by atoms with Crippen molar-refractivity contribution in [3.8, 4) is 11.3 Å². The number of nitrogen functional groups attached to an aromatic ring is 1. The van der Waals surface area contributed by atoms with Crippen LogP contribution in [0.3, 0.4) is 0 Å². The Labute approximate surface area is 208 Å². The van der Waals surface area contributed by atoms with Gasteiger partial charge in [0.05, 0.1) is 5.56 Å². The normalized spacial score (nSPS) is 16.2. The minimum Gasteiger partial charge on any atom is -0.382 e. The van der Waals surface area contributed by atoms with Crippen molar-refractivity contribution in [1.82, 2.24) is 24.7 Å². The highest BCUT2D eigenvalue weighted by Gasteiger charge is 2.31. The van der Waals surface area contributed by atoms with Gasteiger partial charge in [-0.2, -0.15) is 24.9 Å². The molecule has 5 rings (SSSR count). The summed E-state index contributed by atoms with van der Waals surface area (Å²) < 4.78 is 40.8. The molecular formula is C24H22F3N7OS. The number of hydrogen-bond donors (Lipinski definition) is 3. The lowest BCUT2D eigenvalue weighted by Crippen LogP contribution is -2.34. The molecule has 0 aliphatic carbocycles. The summed E-state index contributed by atoms with van der Waals surface area (Å²) in [7, 11) is 0. The number of fused-ring (bicyclic) bond motifs is 1. The average Bonchev–Trinajstić information content (AvgIpc) is 3.24. The summed E-state index contributed by atoms with van der Waals surface area (Å²) in [6, 6.07) is 8.25. The van der Waals surface area contributed by atoms with Crippen LogP contribution in [-0.4, -0.2) is 49.4 Å². The molecule has 0 radical (unpaired) electrons. The fourth-order valence-electron chi connectivity index (χ4n) is 4.07. The van der Waals surface area contributed by atoms with Gasteiger partial charge in [-0.3, -0.25) is 9.20 Å². The molecule has 36 heavy (non-hydrogen) atoms. The van der Waals surface area contributed by atoms with Crippen molar-refractivity contribution in [3.05, 3.63) is 71.9 Å². The second kappa shape index (κ2) is 9.78. The van der Waals surface area contributed by atoms with Crippen molar-refractivity contribution in [2.45, 2.75) is 17.8 Å². The summed E-state index contributed by atoms with van der Waals surface area (Å²) in [4.78, 5) is 25.5. The molecule has 1 aromatic carbocycles. The fourth-order valence-corrected chi connectivity index (χ4v) is 5.17. The van der Waals surface area contributed by atoms with Crippen LogP contribution in [0.1, 0.15) is 21.7 Å². The van der Waals surface area contributed by atoms with Crippen molar-refractivity contribution < 1.29 is 18.0 Å². The van der Waals surface area contributed by atoms with Gasteiger partial charge in [0.25, 0.3) is 5.91 Å². The maximum atomic E-state index is 12.9. The lowest BCUT2D eigenvalue weighted by molar-refractivity contribution is -0.137. The number of amides is 1. The molecule has 1 saturated heterocycles. The van der Waals surface area contributed by atoms with Gasteiger partial charge in [-0.25, -0.2) is 15.0 Å². The quantitative estimate of drug-likeness (QED) is 0.371. The topological polar surface area (TPSA) is 110 Å². The second-order valence-corrected chi connectivity index (χ2v) is 9.68. The highest BCUT2D eigenvalue weighted by atomic mass is 32.2. The van der Waals surface area contributed by atoms with E-state index in [-0.39, 0.29) is 11.4 Å². The maximum absolute atomic E-state index is 12.9. The van der Waals surface area contributed by atoms with Gasteiger partial charge in [0.15, 0.2) is 0 Å².